The van der Waals surface area contributed by atoms with E-state index in [-0.39, 0.29) is 12.3 Å². The van der Waals surface area contributed by atoms with Crippen LogP contribution < -0.4 is 5.32 Å². The van der Waals surface area contributed by atoms with E-state index in [0.717, 1.165) is 25.9 Å². The molecule has 0 radical (unpaired) electrons. The van der Waals surface area contributed by atoms with Crippen molar-refractivity contribution >= 4 is 6.09 Å². The van der Waals surface area contributed by atoms with Gasteiger partial charge in [0, 0.05) is 12.5 Å². The first-order valence-electron chi connectivity index (χ1n) is 7.26. The molecule has 0 aromatic carbocycles. The van der Waals surface area contributed by atoms with E-state index in [1.807, 2.05) is 0 Å². The molecule has 0 unspecified atom stereocenters. The van der Waals surface area contributed by atoms with Crippen molar-refractivity contribution in [2.24, 2.45) is 5.92 Å². The van der Waals surface area contributed by atoms with Crippen molar-refractivity contribution in [3.8, 4) is 0 Å². The van der Waals surface area contributed by atoms with Crippen LogP contribution in [0.15, 0.2) is 0 Å². The lowest BCUT2D eigenvalue weighted by Crippen LogP contribution is -2.45. The molecule has 0 saturated carbocycles. The fourth-order valence-electron chi connectivity index (χ4n) is 3.02. The first-order chi connectivity index (χ1) is 9.18. The first-order valence-corrected chi connectivity index (χ1v) is 7.26. The number of ether oxygens (including phenoxy) is 1. The van der Waals surface area contributed by atoms with E-state index in [2.05, 4.69) is 5.32 Å². The van der Waals surface area contributed by atoms with E-state index in [1.54, 1.807) is 20.8 Å². The summed E-state index contributed by atoms with van der Waals surface area (Å²) in [5.74, 6) is -2.66. The predicted molar refractivity (Wildman–Crippen MR) is 71.9 cm³/mol. The van der Waals surface area contributed by atoms with Crippen LogP contribution in [0.1, 0.15) is 40.0 Å². The number of carbonyl (C=O) groups excluding carboxylic acids is 1. The van der Waals surface area contributed by atoms with Gasteiger partial charge in [0.25, 0.3) is 5.92 Å². The zero-order valence-corrected chi connectivity index (χ0v) is 12.4. The number of carbonyl (C=O) groups is 1. The Morgan fingerprint density at radius 2 is 1.90 bits per heavy atom. The average Bonchev–Trinajstić information content (AvgIpc) is 2.65. The highest BCUT2D eigenvalue weighted by molar-refractivity contribution is 5.69. The number of nitrogens with zero attached hydrogens (tertiary/aromatic N) is 1. The van der Waals surface area contributed by atoms with Crippen molar-refractivity contribution in [3.63, 3.8) is 0 Å². The molecule has 0 aromatic heterocycles. The Balaban J connectivity index is 2.09. The van der Waals surface area contributed by atoms with E-state index in [0.29, 0.717) is 0 Å². The summed E-state index contributed by atoms with van der Waals surface area (Å²) >= 11 is 0. The second-order valence-electron chi connectivity index (χ2n) is 6.82. The molecule has 1 N–H and O–H groups in total. The number of halogens is 2. The highest BCUT2D eigenvalue weighted by Gasteiger charge is 2.50. The molecular weight excluding hydrogens is 266 g/mol. The number of nitrogens with one attached hydrogen (secondary N) is 1. The van der Waals surface area contributed by atoms with Crippen LogP contribution >= 0.6 is 0 Å². The van der Waals surface area contributed by atoms with Gasteiger partial charge in [-0.1, -0.05) is 0 Å². The maximum Gasteiger partial charge on any atom is 0.410 e. The van der Waals surface area contributed by atoms with Crippen molar-refractivity contribution in [1.29, 1.82) is 0 Å². The van der Waals surface area contributed by atoms with Crippen molar-refractivity contribution in [2.45, 2.75) is 57.6 Å². The summed E-state index contributed by atoms with van der Waals surface area (Å²) < 4.78 is 32.7. The fourth-order valence-corrected chi connectivity index (χ4v) is 3.02. The van der Waals surface area contributed by atoms with Crippen LogP contribution in [0, 0.1) is 5.92 Å². The summed E-state index contributed by atoms with van der Waals surface area (Å²) in [5, 5.41) is 3.22. The van der Waals surface area contributed by atoms with Crippen LogP contribution in [-0.2, 0) is 4.74 Å². The highest BCUT2D eigenvalue weighted by Crippen LogP contribution is 2.38. The summed E-state index contributed by atoms with van der Waals surface area (Å²) in [6.45, 7) is 6.39. The van der Waals surface area contributed by atoms with Gasteiger partial charge in [0.05, 0.1) is 6.54 Å². The molecule has 2 rings (SSSR count). The zero-order valence-electron chi connectivity index (χ0n) is 12.4. The predicted octanol–water partition coefficient (Wildman–Crippen LogP) is 2.63. The minimum atomic E-state index is -2.80. The van der Waals surface area contributed by atoms with Gasteiger partial charge in [0.1, 0.15) is 5.60 Å². The standard InChI is InChI=1S/C14H24F2N2O2/c1-13(2,3)20-12(19)18-9-14(15,16)8-11(18)10-4-6-17-7-5-10/h10-11,17H,4-9H2,1-3H3/t11-/m0/s1. The molecule has 0 aromatic rings. The van der Waals surface area contributed by atoms with Crippen molar-refractivity contribution in [3.05, 3.63) is 0 Å². The van der Waals surface area contributed by atoms with Gasteiger partial charge in [-0.15, -0.1) is 0 Å². The van der Waals surface area contributed by atoms with Gasteiger partial charge in [0.15, 0.2) is 0 Å². The van der Waals surface area contributed by atoms with Crippen molar-refractivity contribution < 1.29 is 18.3 Å². The SMILES string of the molecule is CC(C)(C)OC(=O)N1CC(F)(F)C[C@H]1C1CCNCC1. The maximum atomic E-state index is 13.7. The Morgan fingerprint density at radius 3 is 2.45 bits per heavy atom. The topological polar surface area (TPSA) is 41.6 Å². The summed E-state index contributed by atoms with van der Waals surface area (Å²) in [4.78, 5) is 13.4. The summed E-state index contributed by atoms with van der Waals surface area (Å²) in [6, 6.07) is -0.401. The number of rotatable bonds is 1. The Bertz CT molecular complexity index is 363. The number of alkyl halides is 2. The molecule has 4 nitrogen and oxygen atoms in total. The van der Waals surface area contributed by atoms with Gasteiger partial charge >= 0.3 is 6.09 Å². The quantitative estimate of drug-likeness (QED) is 0.807. The molecule has 1 atom stereocenters. The molecule has 0 spiro atoms. The Kier molecular flexibility index (Phi) is 4.23. The monoisotopic (exact) mass is 290 g/mol. The second kappa shape index (κ2) is 5.47. The second-order valence-corrected chi connectivity index (χ2v) is 6.82. The summed E-state index contributed by atoms with van der Waals surface area (Å²) in [7, 11) is 0. The molecule has 0 aliphatic carbocycles. The van der Waals surface area contributed by atoms with Gasteiger partial charge in [-0.3, -0.25) is 4.90 Å². The minimum absolute atomic E-state index is 0.136. The molecule has 0 bridgehead atoms. The Hall–Kier alpha value is -0.910. The molecule has 2 heterocycles. The minimum Gasteiger partial charge on any atom is -0.444 e. The third-order valence-electron chi connectivity index (χ3n) is 3.87. The number of amides is 1. The van der Waals surface area contributed by atoms with E-state index in [1.165, 1.54) is 4.90 Å². The maximum absolute atomic E-state index is 13.7. The molecule has 2 saturated heterocycles. The van der Waals surface area contributed by atoms with E-state index in [9.17, 15) is 13.6 Å². The average molecular weight is 290 g/mol. The molecule has 2 aliphatic heterocycles. The smallest absolute Gasteiger partial charge is 0.410 e. The van der Waals surface area contributed by atoms with Crippen LogP contribution in [0.3, 0.4) is 0 Å². The van der Waals surface area contributed by atoms with Gasteiger partial charge in [-0.05, 0) is 52.6 Å². The molecule has 20 heavy (non-hydrogen) atoms. The molecular formula is C14H24F2N2O2. The first kappa shape index (κ1) is 15.5. The molecule has 116 valence electrons. The molecule has 1 amide bonds. The van der Waals surface area contributed by atoms with Gasteiger partial charge in [-0.25, -0.2) is 13.6 Å². The third-order valence-corrected chi connectivity index (χ3v) is 3.87. The summed E-state index contributed by atoms with van der Waals surface area (Å²) in [5.41, 5.74) is -0.659. The number of hydrogen-bond acceptors (Lipinski definition) is 3. The summed E-state index contributed by atoms with van der Waals surface area (Å²) in [6.07, 6.45) is 0.815. The van der Waals surface area contributed by atoms with Crippen LogP contribution in [0.4, 0.5) is 13.6 Å². The molecule has 6 heteroatoms. The van der Waals surface area contributed by atoms with Crippen LogP contribution in [-0.4, -0.2) is 48.2 Å². The third kappa shape index (κ3) is 3.81. The normalized spacial score (nSPS) is 27.6. The van der Waals surface area contributed by atoms with Gasteiger partial charge in [0.2, 0.25) is 0 Å². The van der Waals surface area contributed by atoms with E-state index < -0.39 is 30.2 Å². The fraction of sp³-hybridized carbons (Fsp3) is 0.929. The van der Waals surface area contributed by atoms with Crippen LogP contribution in [0.25, 0.3) is 0 Å². The number of hydrogen-bond donors (Lipinski definition) is 1. The number of likely N-dealkylation sites (tertiary alicyclic amines) is 1. The van der Waals surface area contributed by atoms with Gasteiger partial charge < -0.3 is 10.1 Å². The van der Waals surface area contributed by atoms with Crippen molar-refractivity contribution in [2.75, 3.05) is 19.6 Å². The lowest BCUT2D eigenvalue weighted by Gasteiger charge is -2.34. The van der Waals surface area contributed by atoms with Crippen LogP contribution in [0.5, 0.6) is 0 Å². The Labute approximate surface area is 118 Å². The molecule has 2 fully saturated rings. The lowest BCUT2D eigenvalue weighted by atomic mass is 9.88. The number of piperidine rings is 1. The Morgan fingerprint density at radius 1 is 1.30 bits per heavy atom. The lowest BCUT2D eigenvalue weighted by molar-refractivity contribution is -0.00304. The van der Waals surface area contributed by atoms with E-state index in [4.69, 9.17) is 4.74 Å². The van der Waals surface area contributed by atoms with Gasteiger partial charge in [-0.2, -0.15) is 0 Å². The zero-order chi connectivity index (χ0) is 15.0. The largest absolute Gasteiger partial charge is 0.444 e. The van der Waals surface area contributed by atoms with Crippen LogP contribution in [0.2, 0.25) is 0 Å². The molecule has 2 aliphatic rings. The van der Waals surface area contributed by atoms with Crippen molar-refractivity contribution in [1.82, 2.24) is 10.2 Å². The highest BCUT2D eigenvalue weighted by atomic mass is 19.3. The van der Waals surface area contributed by atoms with E-state index >= 15 is 0 Å².